The van der Waals surface area contributed by atoms with Crippen molar-refractivity contribution in [2.75, 3.05) is 91.9 Å². The van der Waals surface area contributed by atoms with Crippen molar-refractivity contribution in [3.8, 4) is 0 Å². The van der Waals surface area contributed by atoms with E-state index in [2.05, 4.69) is 75.0 Å². The Hall–Kier alpha value is -2.28. The fraction of sp³-hybridized carbons (Fsp3) is 0.949. The van der Waals surface area contributed by atoms with Crippen LogP contribution in [0.1, 0.15) is 383 Å². The van der Waals surface area contributed by atoms with Gasteiger partial charge in [0.15, 0.2) is 0 Å². The van der Waals surface area contributed by atoms with Gasteiger partial charge in [0.2, 0.25) is 0 Å². The number of nitrogens with zero attached hydrogens (tertiary/aromatic N) is 4. The highest BCUT2D eigenvalue weighted by atomic mass is 16.5. The molecule has 0 fully saturated rings. The van der Waals surface area contributed by atoms with Gasteiger partial charge >= 0.3 is 23.9 Å². The SMILES string of the molecule is CCCCCCCCCCCCCOC(=O)CCN(CCCN(CCN(CCCN(CCC(=O)OCCCCCCCCCCCCC)CCC(=O)OCCCCCCCCCCCCC)C(C)CC)C(C)C)CCC(=O)OCCCCCCCCCCCCC. The van der Waals surface area contributed by atoms with E-state index in [0.29, 0.717) is 90.4 Å². The summed E-state index contributed by atoms with van der Waals surface area (Å²) in [4.78, 5) is 62.0. The first-order valence-corrected chi connectivity index (χ1v) is 40.1. The van der Waals surface area contributed by atoms with E-state index in [4.69, 9.17) is 18.9 Å². The maximum absolute atomic E-state index is 13.1. The highest BCUT2D eigenvalue weighted by molar-refractivity contribution is 5.71. The molecule has 0 radical (unpaired) electrons. The molecule has 1 atom stereocenters. The number of rotatable bonds is 74. The second-order valence-electron chi connectivity index (χ2n) is 27.8. The highest BCUT2D eigenvalue weighted by Crippen LogP contribution is 2.17. The van der Waals surface area contributed by atoms with Gasteiger partial charge < -0.3 is 28.7 Å². The van der Waals surface area contributed by atoms with Crippen molar-refractivity contribution in [1.29, 1.82) is 0 Å². The average Bonchev–Trinajstić information content (AvgIpc) is 3.68. The lowest BCUT2D eigenvalue weighted by Gasteiger charge is -2.34. The van der Waals surface area contributed by atoms with Gasteiger partial charge in [-0.05, 0) is 91.9 Å². The first-order valence-electron chi connectivity index (χ1n) is 40.1. The van der Waals surface area contributed by atoms with E-state index in [9.17, 15) is 19.2 Å². The molecule has 0 aromatic heterocycles. The van der Waals surface area contributed by atoms with E-state index in [1.807, 2.05) is 0 Å². The topological polar surface area (TPSA) is 118 Å². The number of ether oxygens (including phenoxy) is 4. The Bertz CT molecular complexity index is 1460. The van der Waals surface area contributed by atoms with Gasteiger partial charge in [-0.2, -0.15) is 0 Å². The Labute approximate surface area is 565 Å². The summed E-state index contributed by atoms with van der Waals surface area (Å²) in [6.07, 6.45) is 59.8. The molecule has 12 nitrogen and oxygen atoms in total. The van der Waals surface area contributed by atoms with E-state index in [0.717, 1.165) is 110 Å². The minimum absolute atomic E-state index is 0.144. The summed E-state index contributed by atoms with van der Waals surface area (Å²) in [5, 5.41) is 0. The van der Waals surface area contributed by atoms with E-state index >= 15 is 0 Å². The molecule has 0 saturated carbocycles. The lowest BCUT2D eigenvalue weighted by Crippen LogP contribution is -2.44. The van der Waals surface area contributed by atoms with Crippen molar-refractivity contribution in [2.45, 2.75) is 395 Å². The Morgan fingerprint density at radius 2 is 0.451 bits per heavy atom. The van der Waals surface area contributed by atoms with Gasteiger partial charge in [-0.3, -0.25) is 29.0 Å². The monoisotopic (exact) mass is 1290 g/mol. The van der Waals surface area contributed by atoms with Crippen molar-refractivity contribution < 1.29 is 38.1 Å². The molecule has 540 valence electrons. The first-order chi connectivity index (χ1) is 44.5. The molecule has 0 bridgehead atoms. The van der Waals surface area contributed by atoms with Crippen LogP contribution < -0.4 is 0 Å². The molecule has 0 spiro atoms. The Balaban J connectivity index is 5.45. The zero-order chi connectivity index (χ0) is 66.6. The van der Waals surface area contributed by atoms with Crippen LogP contribution in [0.25, 0.3) is 0 Å². The molecule has 0 aliphatic carbocycles. The number of hydrogen-bond acceptors (Lipinski definition) is 12. The van der Waals surface area contributed by atoms with Gasteiger partial charge in [-0.25, -0.2) is 0 Å². The van der Waals surface area contributed by atoms with E-state index < -0.39 is 0 Å². The van der Waals surface area contributed by atoms with Crippen LogP contribution in [0.5, 0.6) is 0 Å². The Kier molecular flexibility index (Phi) is 68.8. The fourth-order valence-electron chi connectivity index (χ4n) is 12.5. The van der Waals surface area contributed by atoms with Crippen molar-refractivity contribution >= 4 is 23.9 Å². The molecular formula is C79H156N4O8. The van der Waals surface area contributed by atoms with Crippen molar-refractivity contribution in [3.63, 3.8) is 0 Å². The van der Waals surface area contributed by atoms with Crippen LogP contribution >= 0.6 is 0 Å². The summed E-state index contributed by atoms with van der Waals surface area (Å²) in [5.41, 5.74) is 0. The third-order valence-electron chi connectivity index (χ3n) is 19.0. The minimum Gasteiger partial charge on any atom is -0.466 e. The van der Waals surface area contributed by atoms with Crippen molar-refractivity contribution in [2.24, 2.45) is 0 Å². The number of carbonyl (C=O) groups is 4. The van der Waals surface area contributed by atoms with Gasteiger partial charge in [0.05, 0.1) is 52.1 Å². The highest BCUT2D eigenvalue weighted by Gasteiger charge is 2.20. The molecule has 0 N–H and O–H groups in total. The quantitative estimate of drug-likeness (QED) is 0.0328. The molecule has 12 heteroatoms. The zero-order valence-corrected chi connectivity index (χ0v) is 62.2. The van der Waals surface area contributed by atoms with Gasteiger partial charge in [0.25, 0.3) is 0 Å². The number of esters is 4. The summed E-state index contributed by atoms with van der Waals surface area (Å²) < 4.78 is 23.0. The maximum Gasteiger partial charge on any atom is 0.307 e. The molecule has 0 aliphatic heterocycles. The normalized spacial score (nSPS) is 12.1. The van der Waals surface area contributed by atoms with Gasteiger partial charge in [-0.1, -0.05) is 291 Å². The maximum atomic E-state index is 13.1. The molecule has 0 aromatic carbocycles. The standard InChI is InChI=1S/C79H156N4O8/c1-9-14-18-22-26-30-34-38-42-46-50-70-88-76(84)56-64-80(65-57-77(85)89-71-51-47-43-39-35-31-27-23-19-15-10-2)60-54-62-82(74(6)7)68-69-83(75(8)13-5)63-55-61-81(66-58-78(86)90-72-52-48-44-40-36-32-28-24-20-16-11-3)67-59-79(87)91-73-53-49-45-41-37-33-29-25-21-17-12-4/h74-75H,9-73H2,1-8H3. The molecule has 0 aliphatic rings. The van der Waals surface area contributed by atoms with Gasteiger partial charge in [-0.15, -0.1) is 0 Å². The molecule has 1 unspecified atom stereocenters. The summed E-state index contributed by atoms with van der Waals surface area (Å²) in [6, 6.07) is 0.779. The predicted octanol–water partition coefficient (Wildman–Crippen LogP) is 21.2. The smallest absolute Gasteiger partial charge is 0.307 e. The summed E-state index contributed by atoms with van der Waals surface area (Å²) in [6.45, 7) is 27.9. The zero-order valence-electron chi connectivity index (χ0n) is 62.2. The van der Waals surface area contributed by atoms with Gasteiger partial charge in [0, 0.05) is 51.4 Å². The lowest BCUT2D eigenvalue weighted by atomic mass is 10.1. The van der Waals surface area contributed by atoms with Crippen molar-refractivity contribution in [1.82, 2.24) is 19.6 Å². The fourth-order valence-corrected chi connectivity index (χ4v) is 12.5. The van der Waals surface area contributed by atoms with Crippen LogP contribution in [-0.2, 0) is 38.1 Å². The van der Waals surface area contributed by atoms with E-state index in [1.54, 1.807) is 0 Å². The molecule has 0 heterocycles. The number of carbonyl (C=O) groups excluding carboxylic acids is 4. The summed E-state index contributed by atoms with van der Waals surface area (Å²) in [7, 11) is 0. The van der Waals surface area contributed by atoms with Crippen LogP contribution in [0, 0.1) is 0 Å². The molecule has 91 heavy (non-hydrogen) atoms. The minimum atomic E-state index is -0.145. The van der Waals surface area contributed by atoms with E-state index in [1.165, 1.54) is 231 Å². The molecule has 0 aromatic rings. The van der Waals surface area contributed by atoms with Crippen LogP contribution in [0.15, 0.2) is 0 Å². The third-order valence-corrected chi connectivity index (χ3v) is 19.0. The van der Waals surface area contributed by atoms with Crippen LogP contribution in [0.4, 0.5) is 0 Å². The first kappa shape index (κ1) is 88.7. The van der Waals surface area contributed by atoms with Crippen LogP contribution in [-0.4, -0.2) is 147 Å². The predicted molar refractivity (Wildman–Crippen MR) is 388 cm³/mol. The third kappa shape index (κ3) is 63.5. The van der Waals surface area contributed by atoms with Crippen molar-refractivity contribution in [3.05, 3.63) is 0 Å². The number of hydrogen-bond donors (Lipinski definition) is 0. The van der Waals surface area contributed by atoms with E-state index in [-0.39, 0.29) is 23.9 Å². The summed E-state index contributed by atoms with van der Waals surface area (Å²) >= 11 is 0. The second-order valence-corrected chi connectivity index (χ2v) is 27.8. The second kappa shape index (κ2) is 70.5. The summed E-state index contributed by atoms with van der Waals surface area (Å²) in [5.74, 6) is -0.579. The van der Waals surface area contributed by atoms with Gasteiger partial charge in [0.1, 0.15) is 0 Å². The molecular weight excluding hydrogens is 1130 g/mol. The molecule has 0 amide bonds. The Morgan fingerprint density at radius 1 is 0.242 bits per heavy atom. The molecule has 0 rings (SSSR count). The number of unbranched alkanes of at least 4 members (excludes halogenated alkanes) is 40. The lowest BCUT2D eigenvalue weighted by molar-refractivity contribution is -0.146. The Morgan fingerprint density at radius 3 is 0.670 bits per heavy atom. The van der Waals surface area contributed by atoms with Crippen LogP contribution in [0.3, 0.4) is 0 Å². The largest absolute Gasteiger partial charge is 0.466 e. The average molecular weight is 1290 g/mol. The van der Waals surface area contributed by atoms with Crippen LogP contribution in [0.2, 0.25) is 0 Å². The molecule has 0 saturated heterocycles.